The fraction of sp³-hybridized carbons (Fsp3) is 0.154. The van der Waals surface area contributed by atoms with Crippen LogP contribution >= 0.6 is 23.2 Å². The van der Waals surface area contributed by atoms with Gasteiger partial charge in [-0.3, -0.25) is 9.48 Å². The number of aromatic nitrogens is 2. The van der Waals surface area contributed by atoms with Crippen molar-refractivity contribution in [3.8, 4) is 11.8 Å². The van der Waals surface area contributed by atoms with Crippen LogP contribution in [0.3, 0.4) is 0 Å². The second kappa shape index (κ2) is 6.04. The lowest BCUT2D eigenvalue weighted by Crippen LogP contribution is -2.17. The molecule has 0 saturated carbocycles. The van der Waals surface area contributed by atoms with E-state index in [-0.39, 0.29) is 32.7 Å². The summed E-state index contributed by atoms with van der Waals surface area (Å²) in [5.74, 6) is -0.109. The predicted molar refractivity (Wildman–Crippen MR) is 78.9 cm³/mol. The largest absolute Gasteiger partial charge is 0.494 e. The van der Waals surface area contributed by atoms with E-state index in [1.165, 1.54) is 30.1 Å². The van der Waals surface area contributed by atoms with Gasteiger partial charge in [-0.1, -0.05) is 23.2 Å². The summed E-state index contributed by atoms with van der Waals surface area (Å²) in [6.45, 7) is 0. The summed E-state index contributed by atoms with van der Waals surface area (Å²) in [5.41, 5.74) is 0.333. The van der Waals surface area contributed by atoms with Crippen molar-refractivity contribution in [3.05, 3.63) is 39.5 Å². The molecule has 8 heteroatoms. The van der Waals surface area contributed by atoms with E-state index in [0.29, 0.717) is 0 Å². The summed E-state index contributed by atoms with van der Waals surface area (Å²) in [7, 11) is 2.99. The van der Waals surface area contributed by atoms with Gasteiger partial charge < -0.3 is 10.1 Å². The maximum atomic E-state index is 12.4. The molecule has 1 aromatic carbocycles. The Morgan fingerprint density at radius 2 is 2.10 bits per heavy atom. The van der Waals surface area contributed by atoms with Crippen LogP contribution in [0, 0.1) is 11.3 Å². The molecule has 0 spiro atoms. The van der Waals surface area contributed by atoms with Crippen LogP contribution in [0.2, 0.25) is 10.0 Å². The fourth-order valence-electron chi connectivity index (χ4n) is 1.78. The molecule has 0 fully saturated rings. The number of amides is 1. The predicted octanol–water partition coefficient (Wildman–Crippen LogP) is 2.86. The number of hydrogen-bond acceptors (Lipinski definition) is 4. The van der Waals surface area contributed by atoms with E-state index in [1.54, 1.807) is 7.05 Å². The van der Waals surface area contributed by atoms with Crippen LogP contribution in [0.25, 0.3) is 0 Å². The highest BCUT2D eigenvalue weighted by Crippen LogP contribution is 2.34. The first-order valence-electron chi connectivity index (χ1n) is 5.75. The molecule has 0 saturated heterocycles. The maximum Gasteiger partial charge on any atom is 0.262 e. The normalized spacial score (nSPS) is 10.0. The van der Waals surface area contributed by atoms with Gasteiger partial charge in [-0.2, -0.15) is 10.4 Å². The average Bonchev–Trinajstić information content (AvgIpc) is 2.81. The van der Waals surface area contributed by atoms with E-state index >= 15 is 0 Å². The van der Waals surface area contributed by atoms with Gasteiger partial charge in [0.25, 0.3) is 5.91 Å². The number of carbonyl (C=O) groups excluding carboxylic acids is 1. The van der Waals surface area contributed by atoms with Crippen molar-refractivity contribution in [2.45, 2.75) is 0 Å². The van der Waals surface area contributed by atoms with Crippen molar-refractivity contribution in [2.75, 3.05) is 12.4 Å². The standard InChI is InChI=1S/C13H10Cl2N4O2/c1-19-12(7(5-16)6-17-19)18-13(20)10-8(14)3-4-9(15)11(10)21-2/h3-4,6H,1-2H3,(H,18,20). The number of nitriles is 1. The molecule has 0 aliphatic carbocycles. The molecule has 0 unspecified atom stereocenters. The van der Waals surface area contributed by atoms with Crippen molar-refractivity contribution in [2.24, 2.45) is 7.05 Å². The van der Waals surface area contributed by atoms with Crippen molar-refractivity contribution < 1.29 is 9.53 Å². The molecule has 0 bridgehead atoms. The van der Waals surface area contributed by atoms with E-state index < -0.39 is 5.91 Å². The molecule has 108 valence electrons. The molecular weight excluding hydrogens is 315 g/mol. The number of nitrogens with zero attached hydrogens (tertiary/aromatic N) is 3. The number of nitrogens with one attached hydrogen (secondary N) is 1. The van der Waals surface area contributed by atoms with Crippen LogP contribution < -0.4 is 10.1 Å². The number of halogens is 2. The second-order valence-corrected chi connectivity index (χ2v) is 4.85. The van der Waals surface area contributed by atoms with Gasteiger partial charge in [0.05, 0.1) is 23.4 Å². The number of benzene rings is 1. The van der Waals surface area contributed by atoms with Crippen molar-refractivity contribution in [3.63, 3.8) is 0 Å². The Bertz CT molecular complexity index is 749. The van der Waals surface area contributed by atoms with E-state index in [2.05, 4.69) is 10.4 Å². The summed E-state index contributed by atoms with van der Waals surface area (Å²) in [6, 6.07) is 4.97. The molecule has 1 heterocycles. The first kappa shape index (κ1) is 15.2. The van der Waals surface area contributed by atoms with Crippen LogP contribution in [0.1, 0.15) is 15.9 Å². The van der Waals surface area contributed by atoms with Crippen LogP contribution in [0.15, 0.2) is 18.3 Å². The van der Waals surface area contributed by atoms with Gasteiger partial charge in [-0.15, -0.1) is 0 Å². The van der Waals surface area contributed by atoms with Gasteiger partial charge in [0.1, 0.15) is 23.0 Å². The number of hydrogen-bond donors (Lipinski definition) is 1. The fourth-order valence-corrected chi connectivity index (χ4v) is 2.25. The Kier molecular flexibility index (Phi) is 4.36. The first-order chi connectivity index (χ1) is 9.99. The molecule has 1 N–H and O–H groups in total. The lowest BCUT2D eigenvalue weighted by Gasteiger charge is -2.12. The average molecular weight is 325 g/mol. The summed E-state index contributed by atoms with van der Waals surface area (Å²) < 4.78 is 6.50. The van der Waals surface area contributed by atoms with E-state index in [9.17, 15) is 4.79 Å². The van der Waals surface area contributed by atoms with Crippen molar-refractivity contribution >= 4 is 34.9 Å². The van der Waals surface area contributed by atoms with Gasteiger partial charge in [-0.05, 0) is 12.1 Å². The Balaban J connectivity index is 2.45. The lowest BCUT2D eigenvalue weighted by atomic mass is 10.2. The molecule has 0 radical (unpaired) electrons. The molecule has 6 nitrogen and oxygen atoms in total. The minimum Gasteiger partial charge on any atom is -0.494 e. The minimum absolute atomic E-state index is 0.0942. The second-order valence-electron chi connectivity index (χ2n) is 4.03. The lowest BCUT2D eigenvalue weighted by molar-refractivity contribution is 0.102. The highest BCUT2D eigenvalue weighted by molar-refractivity contribution is 6.37. The quantitative estimate of drug-likeness (QED) is 0.941. The molecule has 0 aliphatic heterocycles. The monoisotopic (exact) mass is 324 g/mol. The van der Waals surface area contributed by atoms with Gasteiger partial charge in [0, 0.05) is 7.05 Å². The smallest absolute Gasteiger partial charge is 0.262 e. The van der Waals surface area contributed by atoms with E-state index in [1.807, 2.05) is 6.07 Å². The Morgan fingerprint density at radius 3 is 2.71 bits per heavy atom. The van der Waals surface area contributed by atoms with Crippen molar-refractivity contribution in [1.29, 1.82) is 5.26 Å². The molecule has 2 aromatic rings. The molecule has 0 aliphatic rings. The zero-order valence-corrected chi connectivity index (χ0v) is 12.7. The van der Waals surface area contributed by atoms with E-state index in [4.69, 9.17) is 33.2 Å². The number of rotatable bonds is 3. The molecule has 1 aromatic heterocycles. The maximum absolute atomic E-state index is 12.4. The number of methoxy groups -OCH3 is 1. The molecule has 21 heavy (non-hydrogen) atoms. The minimum atomic E-state index is -0.542. The third-order valence-electron chi connectivity index (χ3n) is 2.78. The van der Waals surface area contributed by atoms with Gasteiger partial charge in [0.15, 0.2) is 5.75 Å². The highest BCUT2D eigenvalue weighted by atomic mass is 35.5. The van der Waals surface area contributed by atoms with E-state index in [0.717, 1.165) is 0 Å². The van der Waals surface area contributed by atoms with Gasteiger partial charge >= 0.3 is 0 Å². The zero-order chi connectivity index (χ0) is 15.6. The van der Waals surface area contributed by atoms with Crippen LogP contribution in [-0.4, -0.2) is 22.8 Å². The summed E-state index contributed by atoms with van der Waals surface area (Å²) in [5, 5.41) is 15.9. The molecule has 2 rings (SSSR count). The van der Waals surface area contributed by atoms with Gasteiger partial charge in [0.2, 0.25) is 0 Å². The third kappa shape index (κ3) is 2.79. The topological polar surface area (TPSA) is 79.9 Å². The van der Waals surface area contributed by atoms with Crippen LogP contribution in [-0.2, 0) is 7.05 Å². The summed E-state index contributed by atoms with van der Waals surface area (Å²) in [4.78, 5) is 12.4. The Hall–Kier alpha value is -2.23. The first-order valence-corrected chi connectivity index (χ1v) is 6.50. The number of ether oxygens (including phenoxy) is 1. The number of carbonyl (C=O) groups is 1. The zero-order valence-electron chi connectivity index (χ0n) is 11.1. The Labute approximate surface area is 130 Å². The molecular formula is C13H10Cl2N4O2. The molecule has 0 atom stereocenters. The molecule has 1 amide bonds. The van der Waals surface area contributed by atoms with Gasteiger partial charge in [-0.25, -0.2) is 0 Å². The SMILES string of the molecule is COc1c(Cl)ccc(Cl)c1C(=O)Nc1c(C#N)cnn1C. The van der Waals surface area contributed by atoms with Crippen LogP contribution in [0.4, 0.5) is 5.82 Å². The number of aryl methyl sites for hydroxylation is 1. The van der Waals surface area contributed by atoms with Crippen molar-refractivity contribution in [1.82, 2.24) is 9.78 Å². The van der Waals surface area contributed by atoms with Crippen LogP contribution in [0.5, 0.6) is 5.75 Å². The third-order valence-corrected chi connectivity index (χ3v) is 3.39. The summed E-state index contributed by atoms with van der Waals surface area (Å²) in [6.07, 6.45) is 1.35. The summed E-state index contributed by atoms with van der Waals surface area (Å²) >= 11 is 12.0. The Morgan fingerprint density at radius 1 is 1.43 bits per heavy atom. The number of anilines is 1. The highest BCUT2D eigenvalue weighted by Gasteiger charge is 2.21.